The van der Waals surface area contributed by atoms with Crippen molar-refractivity contribution >= 4 is 27.4 Å². The van der Waals surface area contributed by atoms with Crippen molar-refractivity contribution in [3.63, 3.8) is 0 Å². The fraction of sp³-hybridized carbons (Fsp3) is 0. The first-order valence-electron chi connectivity index (χ1n) is 4.64. The zero-order valence-electron chi connectivity index (χ0n) is 8.48. The average molecular weight is 293 g/mol. The molecule has 0 aliphatic heterocycles. The van der Waals surface area contributed by atoms with Crippen molar-refractivity contribution in [2.45, 2.75) is 0 Å². The van der Waals surface area contributed by atoms with Gasteiger partial charge in [-0.25, -0.2) is 14.4 Å². The summed E-state index contributed by atoms with van der Waals surface area (Å²) in [5, 5.41) is 11.8. The van der Waals surface area contributed by atoms with Gasteiger partial charge in [0.15, 0.2) is 11.5 Å². The van der Waals surface area contributed by atoms with E-state index < -0.39 is 0 Å². The van der Waals surface area contributed by atoms with Crippen LogP contribution in [0.15, 0.2) is 35.1 Å². The molecule has 1 aromatic heterocycles. The molecule has 1 N–H and O–H groups in total. The molecule has 1 aromatic carbocycles. The Labute approximate surface area is 105 Å². The maximum Gasteiger partial charge on any atom is 0.183 e. The van der Waals surface area contributed by atoms with Gasteiger partial charge in [-0.1, -0.05) is 0 Å². The summed E-state index contributed by atoms with van der Waals surface area (Å²) in [6, 6.07) is 6.11. The second-order valence-electron chi connectivity index (χ2n) is 3.11. The topological polar surface area (TPSA) is 61.6 Å². The SMILES string of the molecule is N#Cc1nccnc1Nc1ccc(F)cc1Br. The molecule has 2 aromatic rings. The highest BCUT2D eigenvalue weighted by atomic mass is 79.9. The molecule has 6 heteroatoms. The normalized spacial score (nSPS) is 9.71. The van der Waals surface area contributed by atoms with Gasteiger partial charge < -0.3 is 5.32 Å². The van der Waals surface area contributed by atoms with Gasteiger partial charge in [0.1, 0.15) is 11.9 Å². The molecule has 0 unspecified atom stereocenters. The highest BCUT2D eigenvalue weighted by molar-refractivity contribution is 9.10. The Balaban J connectivity index is 2.35. The lowest BCUT2D eigenvalue weighted by atomic mass is 10.3. The lowest BCUT2D eigenvalue weighted by Crippen LogP contribution is -1.99. The monoisotopic (exact) mass is 292 g/mol. The number of hydrogen-bond donors (Lipinski definition) is 1. The lowest BCUT2D eigenvalue weighted by Gasteiger charge is -2.08. The van der Waals surface area contributed by atoms with Crippen molar-refractivity contribution in [1.82, 2.24) is 9.97 Å². The lowest BCUT2D eigenvalue weighted by molar-refractivity contribution is 0.627. The standard InChI is InChI=1S/C11H6BrFN4/c12-8-5-7(13)1-2-9(8)17-11-10(6-14)15-3-4-16-11/h1-5H,(H,16,17). The Hall–Kier alpha value is -2.00. The van der Waals surface area contributed by atoms with Gasteiger partial charge in [-0.15, -0.1) is 0 Å². The molecular formula is C11H6BrFN4. The number of rotatable bonds is 2. The molecule has 0 bridgehead atoms. The summed E-state index contributed by atoms with van der Waals surface area (Å²) < 4.78 is 13.4. The van der Waals surface area contributed by atoms with E-state index in [2.05, 4.69) is 31.2 Å². The zero-order chi connectivity index (χ0) is 12.3. The maximum atomic E-state index is 12.9. The van der Waals surface area contributed by atoms with Gasteiger partial charge in [0.05, 0.1) is 5.69 Å². The summed E-state index contributed by atoms with van der Waals surface area (Å²) in [5.41, 5.74) is 0.798. The first-order chi connectivity index (χ1) is 8.20. The third-order valence-electron chi connectivity index (χ3n) is 1.99. The van der Waals surface area contributed by atoms with E-state index in [0.717, 1.165) is 0 Å². The van der Waals surface area contributed by atoms with Crippen LogP contribution in [-0.4, -0.2) is 9.97 Å². The summed E-state index contributed by atoms with van der Waals surface area (Å²) >= 11 is 3.22. The van der Waals surface area contributed by atoms with Crippen molar-refractivity contribution in [3.05, 3.63) is 46.6 Å². The Morgan fingerprint density at radius 3 is 2.76 bits per heavy atom. The molecule has 2 rings (SSSR count). The smallest absolute Gasteiger partial charge is 0.183 e. The summed E-state index contributed by atoms with van der Waals surface area (Å²) in [7, 11) is 0. The van der Waals surface area contributed by atoms with Crippen LogP contribution in [0.3, 0.4) is 0 Å². The number of nitrogens with zero attached hydrogens (tertiary/aromatic N) is 3. The first kappa shape index (κ1) is 11.5. The predicted molar refractivity (Wildman–Crippen MR) is 64.1 cm³/mol. The number of nitrogens with one attached hydrogen (secondary N) is 1. The van der Waals surface area contributed by atoms with E-state index in [0.29, 0.717) is 16.0 Å². The number of nitriles is 1. The van der Waals surface area contributed by atoms with E-state index in [1.165, 1.54) is 24.5 Å². The quantitative estimate of drug-likeness (QED) is 0.924. The van der Waals surface area contributed by atoms with Crippen molar-refractivity contribution in [2.24, 2.45) is 0 Å². The van der Waals surface area contributed by atoms with Crippen molar-refractivity contribution in [3.8, 4) is 6.07 Å². The zero-order valence-corrected chi connectivity index (χ0v) is 10.1. The van der Waals surface area contributed by atoms with Crippen LogP contribution < -0.4 is 5.32 Å². The van der Waals surface area contributed by atoms with E-state index in [1.54, 1.807) is 6.07 Å². The highest BCUT2D eigenvalue weighted by Crippen LogP contribution is 2.26. The Bertz CT molecular complexity index is 594. The van der Waals surface area contributed by atoms with E-state index in [1.807, 2.05) is 6.07 Å². The third-order valence-corrected chi connectivity index (χ3v) is 2.64. The van der Waals surface area contributed by atoms with Crippen molar-refractivity contribution < 1.29 is 4.39 Å². The molecule has 0 radical (unpaired) electrons. The minimum atomic E-state index is -0.345. The average Bonchev–Trinajstić information content (AvgIpc) is 2.33. The van der Waals surface area contributed by atoms with E-state index >= 15 is 0 Å². The molecular weight excluding hydrogens is 287 g/mol. The first-order valence-corrected chi connectivity index (χ1v) is 5.43. The summed E-state index contributed by atoms with van der Waals surface area (Å²) in [4.78, 5) is 7.86. The molecule has 0 saturated carbocycles. The summed E-state index contributed by atoms with van der Waals surface area (Å²) in [6.45, 7) is 0. The van der Waals surface area contributed by atoms with Gasteiger partial charge in [-0.05, 0) is 34.1 Å². The van der Waals surface area contributed by atoms with Gasteiger partial charge >= 0.3 is 0 Å². The van der Waals surface area contributed by atoms with E-state index in [-0.39, 0.29) is 11.5 Å². The van der Waals surface area contributed by atoms with Crippen molar-refractivity contribution in [1.29, 1.82) is 5.26 Å². The minimum absolute atomic E-state index is 0.184. The molecule has 1 heterocycles. The molecule has 0 aliphatic rings. The second kappa shape index (κ2) is 4.89. The maximum absolute atomic E-state index is 12.9. The number of anilines is 2. The van der Waals surface area contributed by atoms with Gasteiger partial charge in [-0.3, -0.25) is 0 Å². The Morgan fingerprint density at radius 2 is 2.06 bits per heavy atom. The number of hydrogen-bond acceptors (Lipinski definition) is 4. The van der Waals surface area contributed by atoms with E-state index in [9.17, 15) is 4.39 Å². The number of benzene rings is 1. The molecule has 0 spiro atoms. The summed E-state index contributed by atoms with van der Waals surface area (Å²) in [5.74, 6) is -0.00983. The number of aromatic nitrogens is 2. The minimum Gasteiger partial charge on any atom is -0.337 e. The molecule has 0 amide bonds. The van der Waals surface area contributed by atoms with Crippen LogP contribution in [0.4, 0.5) is 15.9 Å². The van der Waals surface area contributed by atoms with Crippen LogP contribution >= 0.6 is 15.9 Å². The van der Waals surface area contributed by atoms with Crippen LogP contribution in [0.25, 0.3) is 0 Å². The fourth-order valence-electron chi connectivity index (χ4n) is 1.23. The predicted octanol–water partition coefficient (Wildman–Crippen LogP) is 2.99. The summed E-state index contributed by atoms with van der Waals surface area (Å²) in [6.07, 6.45) is 2.91. The highest BCUT2D eigenvalue weighted by Gasteiger charge is 2.07. The number of halogens is 2. The fourth-order valence-corrected chi connectivity index (χ4v) is 1.68. The molecule has 0 atom stereocenters. The van der Waals surface area contributed by atoms with Gasteiger partial charge in [-0.2, -0.15) is 5.26 Å². The molecule has 0 fully saturated rings. The van der Waals surface area contributed by atoms with Crippen LogP contribution in [-0.2, 0) is 0 Å². The van der Waals surface area contributed by atoms with Crippen LogP contribution in [0.5, 0.6) is 0 Å². The molecule has 0 saturated heterocycles. The second-order valence-corrected chi connectivity index (χ2v) is 3.97. The third kappa shape index (κ3) is 2.57. The molecule has 17 heavy (non-hydrogen) atoms. The van der Waals surface area contributed by atoms with Crippen LogP contribution in [0.2, 0.25) is 0 Å². The van der Waals surface area contributed by atoms with Gasteiger partial charge in [0, 0.05) is 16.9 Å². The van der Waals surface area contributed by atoms with E-state index in [4.69, 9.17) is 5.26 Å². The van der Waals surface area contributed by atoms with Crippen molar-refractivity contribution in [2.75, 3.05) is 5.32 Å². The molecule has 4 nitrogen and oxygen atoms in total. The Morgan fingerprint density at radius 1 is 1.29 bits per heavy atom. The van der Waals surface area contributed by atoms with Gasteiger partial charge in [0.2, 0.25) is 0 Å². The Kier molecular flexibility index (Phi) is 3.30. The largest absolute Gasteiger partial charge is 0.337 e. The van der Waals surface area contributed by atoms with Gasteiger partial charge in [0.25, 0.3) is 0 Å². The molecule has 84 valence electrons. The van der Waals surface area contributed by atoms with Crippen LogP contribution in [0, 0.1) is 17.1 Å². The van der Waals surface area contributed by atoms with Crippen LogP contribution in [0.1, 0.15) is 5.69 Å². The molecule has 0 aliphatic carbocycles.